The van der Waals surface area contributed by atoms with Crippen molar-refractivity contribution in [2.45, 2.75) is 33.2 Å². The van der Waals surface area contributed by atoms with Crippen LogP contribution in [0.5, 0.6) is 5.75 Å². The van der Waals surface area contributed by atoms with E-state index in [2.05, 4.69) is 19.2 Å². The van der Waals surface area contributed by atoms with Gasteiger partial charge in [0, 0.05) is 18.1 Å². The van der Waals surface area contributed by atoms with Gasteiger partial charge in [0.05, 0.1) is 12.3 Å². The molecule has 0 saturated carbocycles. The summed E-state index contributed by atoms with van der Waals surface area (Å²) in [6.45, 7) is 6.20. The molecule has 7 heteroatoms. The van der Waals surface area contributed by atoms with Gasteiger partial charge >= 0.3 is 11.1 Å². The highest BCUT2D eigenvalue weighted by Crippen LogP contribution is 2.20. The van der Waals surface area contributed by atoms with Gasteiger partial charge in [0.1, 0.15) is 12.3 Å². The number of nitrogens with one attached hydrogen (secondary N) is 1. The van der Waals surface area contributed by atoms with Crippen molar-refractivity contribution >= 4 is 11.6 Å². The molecule has 30 heavy (non-hydrogen) atoms. The molecule has 0 spiro atoms. The zero-order valence-electron chi connectivity index (χ0n) is 17.3. The summed E-state index contributed by atoms with van der Waals surface area (Å²) in [5.74, 6) is 0.510. The SMILES string of the molecule is CCOc1ccccc1-n1ccn(CC(=O)Nc2ccc(C(C)C)cc2)c(=O)c1=O. The maximum Gasteiger partial charge on any atom is 0.321 e. The van der Waals surface area contributed by atoms with E-state index in [0.29, 0.717) is 29.6 Å². The molecule has 0 atom stereocenters. The Morgan fingerprint density at radius 1 is 1.00 bits per heavy atom. The topological polar surface area (TPSA) is 82.3 Å². The minimum Gasteiger partial charge on any atom is -0.492 e. The maximum absolute atomic E-state index is 12.6. The predicted octanol–water partition coefficient (Wildman–Crippen LogP) is 3.16. The van der Waals surface area contributed by atoms with Crippen LogP contribution in [-0.2, 0) is 11.3 Å². The molecule has 1 N–H and O–H groups in total. The highest BCUT2D eigenvalue weighted by Gasteiger charge is 2.13. The number of para-hydroxylation sites is 2. The van der Waals surface area contributed by atoms with Crippen LogP contribution < -0.4 is 21.2 Å². The minimum absolute atomic E-state index is 0.256. The average molecular weight is 407 g/mol. The summed E-state index contributed by atoms with van der Waals surface area (Å²) in [7, 11) is 0. The third-order valence-electron chi connectivity index (χ3n) is 4.66. The van der Waals surface area contributed by atoms with Crippen molar-refractivity contribution in [2.24, 2.45) is 0 Å². The Labute approximate surface area is 174 Å². The van der Waals surface area contributed by atoms with Crippen molar-refractivity contribution in [3.05, 3.63) is 87.2 Å². The lowest BCUT2D eigenvalue weighted by molar-refractivity contribution is -0.116. The second kappa shape index (κ2) is 9.26. The quantitative estimate of drug-likeness (QED) is 0.610. The smallest absolute Gasteiger partial charge is 0.321 e. The third-order valence-corrected chi connectivity index (χ3v) is 4.66. The first-order valence-electron chi connectivity index (χ1n) is 9.84. The third kappa shape index (κ3) is 4.68. The Bertz CT molecular complexity index is 1140. The molecule has 0 radical (unpaired) electrons. The van der Waals surface area contributed by atoms with Crippen molar-refractivity contribution in [3.63, 3.8) is 0 Å². The fourth-order valence-corrected chi connectivity index (χ4v) is 3.06. The van der Waals surface area contributed by atoms with Gasteiger partial charge in [-0.15, -0.1) is 0 Å². The second-order valence-corrected chi connectivity index (χ2v) is 7.13. The van der Waals surface area contributed by atoms with Crippen molar-refractivity contribution in [2.75, 3.05) is 11.9 Å². The Balaban J connectivity index is 1.80. The molecule has 0 aliphatic carbocycles. The van der Waals surface area contributed by atoms with Crippen molar-refractivity contribution in [1.29, 1.82) is 0 Å². The van der Waals surface area contributed by atoms with Crippen molar-refractivity contribution in [1.82, 2.24) is 9.13 Å². The molecule has 1 amide bonds. The first-order valence-corrected chi connectivity index (χ1v) is 9.84. The Morgan fingerprint density at radius 3 is 2.37 bits per heavy atom. The van der Waals surface area contributed by atoms with Gasteiger partial charge in [-0.25, -0.2) is 0 Å². The Morgan fingerprint density at radius 2 is 1.70 bits per heavy atom. The van der Waals surface area contributed by atoms with E-state index >= 15 is 0 Å². The van der Waals surface area contributed by atoms with Gasteiger partial charge in [-0.05, 0) is 42.7 Å². The molecule has 7 nitrogen and oxygen atoms in total. The molecule has 3 aromatic rings. The van der Waals surface area contributed by atoms with Gasteiger partial charge in [-0.2, -0.15) is 0 Å². The highest BCUT2D eigenvalue weighted by molar-refractivity contribution is 5.90. The van der Waals surface area contributed by atoms with Crippen LogP contribution in [0.1, 0.15) is 32.3 Å². The van der Waals surface area contributed by atoms with Gasteiger partial charge in [-0.1, -0.05) is 38.1 Å². The highest BCUT2D eigenvalue weighted by atomic mass is 16.5. The lowest BCUT2D eigenvalue weighted by atomic mass is 10.0. The molecule has 156 valence electrons. The van der Waals surface area contributed by atoms with Crippen LogP contribution in [0.3, 0.4) is 0 Å². The number of carbonyl (C=O) groups excluding carboxylic acids is 1. The fourth-order valence-electron chi connectivity index (χ4n) is 3.06. The fraction of sp³-hybridized carbons (Fsp3) is 0.261. The Hall–Kier alpha value is -3.61. The maximum atomic E-state index is 12.6. The number of carbonyl (C=O) groups is 1. The van der Waals surface area contributed by atoms with E-state index in [0.717, 1.165) is 4.57 Å². The molecular weight excluding hydrogens is 382 g/mol. The van der Waals surface area contributed by atoms with Crippen LogP contribution in [0.4, 0.5) is 5.69 Å². The zero-order chi connectivity index (χ0) is 21.7. The number of hydrogen-bond acceptors (Lipinski definition) is 4. The second-order valence-electron chi connectivity index (χ2n) is 7.13. The normalized spacial score (nSPS) is 10.8. The molecule has 0 unspecified atom stereocenters. The molecule has 0 fully saturated rings. The van der Waals surface area contributed by atoms with E-state index in [-0.39, 0.29) is 12.5 Å². The molecule has 3 rings (SSSR count). The van der Waals surface area contributed by atoms with Gasteiger partial charge in [0.25, 0.3) is 0 Å². The number of amides is 1. The summed E-state index contributed by atoms with van der Waals surface area (Å²) < 4.78 is 7.86. The van der Waals surface area contributed by atoms with Crippen LogP contribution in [0.15, 0.2) is 70.5 Å². The Kier molecular flexibility index (Phi) is 6.51. The number of rotatable bonds is 7. The van der Waals surface area contributed by atoms with Crippen LogP contribution in [-0.4, -0.2) is 21.6 Å². The average Bonchev–Trinajstić information content (AvgIpc) is 2.73. The summed E-state index contributed by atoms with van der Waals surface area (Å²) in [6, 6.07) is 14.5. The number of ether oxygens (including phenoxy) is 1. The molecule has 1 aromatic heterocycles. The van der Waals surface area contributed by atoms with Crippen LogP contribution >= 0.6 is 0 Å². The predicted molar refractivity (Wildman–Crippen MR) is 117 cm³/mol. The molecule has 0 aliphatic heterocycles. The number of hydrogen-bond donors (Lipinski definition) is 1. The van der Waals surface area contributed by atoms with Gasteiger partial charge in [-0.3, -0.25) is 23.5 Å². The van der Waals surface area contributed by atoms with Crippen LogP contribution in [0.25, 0.3) is 5.69 Å². The number of nitrogens with zero attached hydrogens (tertiary/aromatic N) is 2. The monoisotopic (exact) mass is 407 g/mol. The molecule has 0 bridgehead atoms. The number of benzene rings is 2. The van der Waals surface area contributed by atoms with Gasteiger partial charge in [0.2, 0.25) is 5.91 Å². The van der Waals surface area contributed by atoms with E-state index in [1.807, 2.05) is 31.2 Å². The first-order chi connectivity index (χ1) is 14.4. The van der Waals surface area contributed by atoms with Gasteiger partial charge in [0.15, 0.2) is 0 Å². The standard InChI is InChI=1S/C23H25N3O4/c1-4-30-20-8-6-5-7-19(20)26-14-13-25(22(28)23(26)29)15-21(27)24-18-11-9-17(10-12-18)16(2)3/h5-14,16H,4,15H2,1-3H3,(H,24,27). The van der Waals surface area contributed by atoms with Gasteiger partial charge < -0.3 is 10.1 Å². The molecule has 1 heterocycles. The van der Waals surface area contributed by atoms with E-state index < -0.39 is 11.1 Å². The summed E-state index contributed by atoms with van der Waals surface area (Å²) in [6.07, 6.45) is 2.89. The summed E-state index contributed by atoms with van der Waals surface area (Å²) in [4.78, 5) is 37.5. The number of aromatic nitrogens is 2. The summed E-state index contributed by atoms with van der Waals surface area (Å²) in [5, 5.41) is 2.75. The minimum atomic E-state index is -0.783. The molecule has 0 saturated heterocycles. The first kappa shape index (κ1) is 21.1. The lowest BCUT2D eigenvalue weighted by Gasteiger charge is -2.13. The van der Waals surface area contributed by atoms with E-state index in [9.17, 15) is 14.4 Å². The number of anilines is 1. The molecule has 0 aliphatic rings. The van der Waals surface area contributed by atoms with E-state index in [4.69, 9.17) is 4.74 Å². The van der Waals surface area contributed by atoms with E-state index in [1.54, 1.807) is 24.3 Å². The lowest BCUT2D eigenvalue weighted by Crippen LogP contribution is -2.41. The zero-order valence-corrected chi connectivity index (χ0v) is 17.3. The largest absolute Gasteiger partial charge is 0.492 e. The van der Waals surface area contributed by atoms with Crippen molar-refractivity contribution in [3.8, 4) is 11.4 Å². The summed E-state index contributed by atoms with van der Waals surface area (Å²) >= 11 is 0. The molecular formula is C23H25N3O4. The van der Waals surface area contributed by atoms with E-state index in [1.165, 1.54) is 22.5 Å². The van der Waals surface area contributed by atoms with Crippen LogP contribution in [0.2, 0.25) is 0 Å². The van der Waals surface area contributed by atoms with Crippen molar-refractivity contribution < 1.29 is 9.53 Å². The summed E-state index contributed by atoms with van der Waals surface area (Å²) in [5.41, 5.74) is 0.743. The molecule has 2 aromatic carbocycles. The van der Waals surface area contributed by atoms with Crippen LogP contribution in [0, 0.1) is 0 Å².